The Balaban J connectivity index is 1.97. The van der Waals surface area contributed by atoms with Gasteiger partial charge >= 0.3 is 5.97 Å². The van der Waals surface area contributed by atoms with Crippen LogP contribution in [0.2, 0.25) is 0 Å². The minimum atomic E-state index is -0.519. The molecule has 0 aromatic carbocycles. The van der Waals surface area contributed by atoms with E-state index in [1.165, 1.54) is 13.4 Å². The van der Waals surface area contributed by atoms with Crippen molar-refractivity contribution in [1.82, 2.24) is 14.8 Å². The average molecular weight is 278 g/mol. The van der Waals surface area contributed by atoms with Crippen molar-refractivity contribution in [1.29, 1.82) is 0 Å². The molecule has 2 aromatic rings. The molecule has 2 aromatic heterocycles. The number of aromatic nitrogens is 3. The molecule has 20 heavy (non-hydrogen) atoms. The molecule has 2 heterocycles. The summed E-state index contributed by atoms with van der Waals surface area (Å²) in [4.78, 5) is 15.4. The highest BCUT2D eigenvalue weighted by Crippen LogP contribution is 2.18. The van der Waals surface area contributed by atoms with Gasteiger partial charge in [-0.05, 0) is 19.4 Å². The molecule has 0 spiro atoms. The molecule has 0 aliphatic heterocycles. The number of ether oxygens (including phenoxy) is 1. The molecular weight excluding hydrogens is 260 g/mol. The topological polar surface area (TPSA) is 96.2 Å². The third kappa shape index (κ3) is 3.45. The van der Waals surface area contributed by atoms with Crippen molar-refractivity contribution in [2.45, 2.75) is 25.8 Å². The molecule has 0 saturated carbocycles. The van der Waals surface area contributed by atoms with Crippen LogP contribution in [0.25, 0.3) is 11.5 Å². The Hall–Kier alpha value is -2.15. The van der Waals surface area contributed by atoms with Gasteiger partial charge in [-0.15, -0.1) is 0 Å². The quantitative estimate of drug-likeness (QED) is 0.608. The van der Waals surface area contributed by atoms with Crippen LogP contribution < -0.4 is 5.73 Å². The van der Waals surface area contributed by atoms with Gasteiger partial charge in [0.25, 0.3) is 0 Å². The Morgan fingerprint density at radius 2 is 2.30 bits per heavy atom. The lowest BCUT2D eigenvalue weighted by atomic mass is 10.2. The Morgan fingerprint density at radius 1 is 1.45 bits per heavy atom. The number of unbranched alkanes of at least 4 members (excludes halogenated alkanes) is 2. The zero-order valence-corrected chi connectivity index (χ0v) is 11.4. The summed E-state index contributed by atoms with van der Waals surface area (Å²) in [5.74, 6) is -0.159. The fourth-order valence-electron chi connectivity index (χ4n) is 1.80. The van der Waals surface area contributed by atoms with Crippen LogP contribution in [-0.2, 0) is 11.3 Å². The Bertz CT molecular complexity index is 561. The van der Waals surface area contributed by atoms with E-state index in [1.807, 2.05) is 10.9 Å². The first-order valence-electron chi connectivity index (χ1n) is 6.51. The van der Waals surface area contributed by atoms with Crippen LogP contribution in [0.3, 0.4) is 0 Å². The average Bonchev–Trinajstić information content (AvgIpc) is 3.11. The van der Waals surface area contributed by atoms with E-state index < -0.39 is 5.97 Å². The van der Waals surface area contributed by atoms with E-state index in [2.05, 4.69) is 14.8 Å². The van der Waals surface area contributed by atoms with E-state index in [-0.39, 0.29) is 5.69 Å². The fraction of sp³-hybridized carbons (Fsp3) is 0.462. The normalized spacial score (nSPS) is 10.7. The van der Waals surface area contributed by atoms with Gasteiger partial charge in [-0.1, -0.05) is 6.42 Å². The van der Waals surface area contributed by atoms with Gasteiger partial charge in [-0.25, -0.2) is 9.78 Å². The molecule has 0 radical (unpaired) electrons. The van der Waals surface area contributed by atoms with Crippen molar-refractivity contribution >= 4 is 5.97 Å². The summed E-state index contributed by atoms with van der Waals surface area (Å²) >= 11 is 0. The standard InChI is InChI=1S/C13H18N4O3/c1-19-13(18)11-9-20-12(16-11)10-7-15-17(8-10)6-4-2-3-5-14/h7-9H,2-6,14H2,1H3. The summed E-state index contributed by atoms with van der Waals surface area (Å²) in [6.45, 7) is 1.54. The first-order valence-corrected chi connectivity index (χ1v) is 6.51. The van der Waals surface area contributed by atoms with Gasteiger partial charge in [0.2, 0.25) is 5.89 Å². The smallest absolute Gasteiger partial charge is 0.360 e. The van der Waals surface area contributed by atoms with Crippen LogP contribution in [-0.4, -0.2) is 34.4 Å². The van der Waals surface area contributed by atoms with Crippen LogP contribution in [0, 0.1) is 0 Å². The van der Waals surface area contributed by atoms with Crippen LogP contribution >= 0.6 is 0 Å². The van der Waals surface area contributed by atoms with Crippen molar-refractivity contribution in [3.05, 3.63) is 24.4 Å². The van der Waals surface area contributed by atoms with Gasteiger partial charge < -0.3 is 14.9 Å². The third-order valence-electron chi connectivity index (χ3n) is 2.87. The first-order chi connectivity index (χ1) is 9.74. The van der Waals surface area contributed by atoms with E-state index in [0.29, 0.717) is 5.89 Å². The molecule has 2 rings (SSSR count). The van der Waals surface area contributed by atoms with Crippen molar-refractivity contribution in [3.63, 3.8) is 0 Å². The molecule has 0 fully saturated rings. The van der Waals surface area contributed by atoms with Crippen molar-refractivity contribution in [2.24, 2.45) is 5.73 Å². The Kier molecular flexibility index (Phi) is 4.89. The molecule has 7 nitrogen and oxygen atoms in total. The second-order valence-corrected chi connectivity index (χ2v) is 4.37. The van der Waals surface area contributed by atoms with Gasteiger partial charge in [0.1, 0.15) is 6.26 Å². The molecule has 108 valence electrons. The predicted molar refractivity (Wildman–Crippen MR) is 72.0 cm³/mol. The number of rotatable bonds is 7. The maximum atomic E-state index is 11.3. The zero-order chi connectivity index (χ0) is 14.4. The van der Waals surface area contributed by atoms with Crippen LogP contribution in [0.5, 0.6) is 0 Å². The number of carbonyl (C=O) groups is 1. The highest BCUT2D eigenvalue weighted by atomic mass is 16.5. The molecule has 0 amide bonds. The lowest BCUT2D eigenvalue weighted by molar-refractivity contribution is 0.0594. The van der Waals surface area contributed by atoms with Gasteiger partial charge in [-0.2, -0.15) is 5.10 Å². The third-order valence-corrected chi connectivity index (χ3v) is 2.87. The molecule has 7 heteroatoms. The summed E-state index contributed by atoms with van der Waals surface area (Å²) in [5, 5.41) is 4.23. The summed E-state index contributed by atoms with van der Waals surface area (Å²) in [6, 6.07) is 0. The number of methoxy groups -OCH3 is 1. The molecule has 2 N–H and O–H groups in total. The second kappa shape index (κ2) is 6.85. The number of esters is 1. The second-order valence-electron chi connectivity index (χ2n) is 4.37. The highest BCUT2D eigenvalue weighted by Gasteiger charge is 2.14. The molecule has 0 saturated heterocycles. The summed E-state index contributed by atoms with van der Waals surface area (Å²) in [5.41, 5.74) is 6.33. The molecule has 0 unspecified atom stereocenters. The van der Waals surface area contributed by atoms with E-state index in [0.717, 1.165) is 37.9 Å². The van der Waals surface area contributed by atoms with E-state index in [9.17, 15) is 4.79 Å². The molecule has 0 aliphatic carbocycles. The summed E-state index contributed by atoms with van der Waals surface area (Å²) in [6.07, 6.45) is 7.91. The van der Waals surface area contributed by atoms with Gasteiger partial charge in [0.05, 0.1) is 18.9 Å². The number of oxazole rings is 1. The van der Waals surface area contributed by atoms with E-state index in [4.69, 9.17) is 10.2 Å². The van der Waals surface area contributed by atoms with Crippen molar-refractivity contribution < 1.29 is 13.9 Å². The molecule has 0 aliphatic rings. The lowest BCUT2D eigenvalue weighted by Crippen LogP contribution is -2.01. The number of carbonyl (C=O) groups excluding carboxylic acids is 1. The molecule has 0 bridgehead atoms. The zero-order valence-electron chi connectivity index (χ0n) is 11.4. The maximum Gasteiger partial charge on any atom is 0.360 e. The first kappa shape index (κ1) is 14.3. The molecular formula is C13H18N4O3. The van der Waals surface area contributed by atoms with E-state index in [1.54, 1.807) is 6.20 Å². The van der Waals surface area contributed by atoms with Crippen LogP contribution in [0.4, 0.5) is 0 Å². The Morgan fingerprint density at radius 3 is 3.05 bits per heavy atom. The highest BCUT2D eigenvalue weighted by molar-refractivity contribution is 5.87. The van der Waals surface area contributed by atoms with Gasteiger partial charge in [-0.3, -0.25) is 4.68 Å². The minimum Gasteiger partial charge on any atom is -0.464 e. The van der Waals surface area contributed by atoms with Crippen LogP contribution in [0.15, 0.2) is 23.1 Å². The molecule has 0 atom stereocenters. The van der Waals surface area contributed by atoms with Gasteiger partial charge in [0, 0.05) is 12.7 Å². The van der Waals surface area contributed by atoms with Gasteiger partial charge in [0.15, 0.2) is 5.69 Å². The fourth-order valence-corrected chi connectivity index (χ4v) is 1.80. The van der Waals surface area contributed by atoms with Crippen LogP contribution in [0.1, 0.15) is 29.8 Å². The number of aryl methyl sites for hydroxylation is 1. The Labute approximate surface area is 116 Å². The SMILES string of the molecule is COC(=O)c1coc(-c2cnn(CCCCCN)c2)n1. The summed E-state index contributed by atoms with van der Waals surface area (Å²) < 4.78 is 11.6. The lowest BCUT2D eigenvalue weighted by Gasteiger charge is -1.99. The number of nitrogens with two attached hydrogens (primary N) is 1. The maximum absolute atomic E-state index is 11.3. The van der Waals surface area contributed by atoms with E-state index >= 15 is 0 Å². The van der Waals surface area contributed by atoms with Crippen molar-refractivity contribution in [3.8, 4) is 11.5 Å². The monoisotopic (exact) mass is 278 g/mol. The minimum absolute atomic E-state index is 0.151. The summed E-state index contributed by atoms with van der Waals surface area (Å²) in [7, 11) is 1.30. The number of nitrogens with zero attached hydrogens (tertiary/aromatic N) is 3. The number of hydrogen-bond acceptors (Lipinski definition) is 6. The number of hydrogen-bond donors (Lipinski definition) is 1. The van der Waals surface area contributed by atoms with Crippen molar-refractivity contribution in [2.75, 3.05) is 13.7 Å². The predicted octanol–water partition coefficient (Wildman–Crippen LogP) is 1.45. The largest absolute Gasteiger partial charge is 0.464 e.